The Balaban J connectivity index is 2.20. The van der Waals surface area contributed by atoms with Gasteiger partial charge in [0.2, 0.25) is 0 Å². The van der Waals surface area contributed by atoms with E-state index in [2.05, 4.69) is 15.0 Å². The molecule has 1 aromatic heterocycles. The van der Waals surface area contributed by atoms with Crippen molar-refractivity contribution in [2.24, 2.45) is 0 Å². The van der Waals surface area contributed by atoms with Crippen molar-refractivity contribution in [2.45, 2.75) is 6.42 Å². The Morgan fingerprint density at radius 1 is 1.22 bits per heavy atom. The number of ether oxygens (including phenoxy) is 1. The quantitative estimate of drug-likeness (QED) is 0.837. The van der Waals surface area contributed by atoms with Crippen LogP contribution < -0.4 is 5.32 Å². The van der Waals surface area contributed by atoms with E-state index in [4.69, 9.17) is 0 Å². The molecule has 0 unspecified atom stereocenters. The van der Waals surface area contributed by atoms with Crippen molar-refractivity contribution >= 4 is 17.5 Å². The zero-order valence-electron chi connectivity index (χ0n) is 10.1. The van der Waals surface area contributed by atoms with E-state index in [1.54, 1.807) is 12.3 Å². The van der Waals surface area contributed by atoms with Crippen LogP contribution in [0.2, 0.25) is 0 Å². The van der Waals surface area contributed by atoms with Gasteiger partial charge in [-0.1, -0.05) is 24.3 Å². The summed E-state index contributed by atoms with van der Waals surface area (Å²) in [4.78, 5) is 15.6. The Kier molecular flexibility index (Phi) is 3.91. The fourth-order valence-electron chi connectivity index (χ4n) is 1.58. The molecule has 4 nitrogen and oxygen atoms in total. The Morgan fingerprint density at radius 3 is 2.72 bits per heavy atom. The number of esters is 1. The van der Waals surface area contributed by atoms with E-state index in [0.29, 0.717) is 5.82 Å². The monoisotopic (exact) mass is 242 g/mol. The van der Waals surface area contributed by atoms with Crippen LogP contribution in [-0.2, 0) is 16.0 Å². The summed E-state index contributed by atoms with van der Waals surface area (Å²) in [5.41, 5.74) is 1.75. The standard InChI is InChI=1S/C14H14N2O2/c1-18-13(17)10-11-6-5-9-15-14(11)16-12-7-3-2-4-8-12/h2-9H,10H2,1H3,(H,15,16). The number of carbonyl (C=O) groups excluding carboxylic acids is 1. The summed E-state index contributed by atoms with van der Waals surface area (Å²) in [6.45, 7) is 0. The van der Waals surface area contributed by atoms with Crippen molar-refractivity contribution in [1.82, 2.24) is 4.98 Å². The van der Waals surface area contributed by atoms with Gasteiger partial charge < -0.3 is 10.1 Å². The first-order chi connectivity index (χ1) is 8.79. The average molecular weight is 242 g/mol. The zero-order valence-corrected chi connectivity index (χ0v) is 10.1. The Morgan fingerprint density at radius 2 is 2.00 bits per heavy atom. The molecule has 18 heavy (non-hydrogen) atoms. The van der Waals surface area contributed by atoms with E-state index in [0.717, 1.165) is 11.3 Å². The van der Waals surface area contributed by atoms with Crippen molar-refractivity contribution < 1.29 is 9.53 Å². The number of para-hydroxylation sites is 1. The van der Waals surface area contributed by atoms with E-state index in [-0.39, 0.29) is 12.4 Å². The van der Waals surface area contributed by atoms with Crippen LogP contribution in [0.15, 0.2) is 48.7 Å². The number of nitrogens with zero attached hydrogens (tertiary/aromatic N) is 1. The highest BCUT2D eigenvalue weighted by Gasteiger charge is 2.08. The highest BCUT2D eigenvalue weighted by Crippen LogP contribution is 2.18. The molecule has 0 fully saturated rings. The first kappa shape index (κ1) is 12.1. The number of hydrogen-bond donors (Lipinski definition) is 1. The van der Waals surface area contributed by atoms with Crippen molar-refractivity contribution in [1.29, 1.82) is 0 Å². The van der Waals surface area contributed by atoms with Crippen LogP contribution >= 0.6 is 0 Å². The van der Waals surface area contributed by atoms with Crippen LogP contribution in [0.3, 0.4) is 0 Å². The third-order valence-electron chi connectivity index (χ3n) is 2.49. The fraction of sp³-hybridized carbons (Fsp3) is 0.143. The Labute approximate surface area is 106 Å². The summed E-state index contributed by atoms with van der Waals surface area (Å²) in [5.74, 6) is 0.396. The highest BCUT2D eigenvalue weighted by atomic mass is 16.5. The highest BCUT2D eigenvalue weighted by molar-refractivity contribution is 5.75. The number of pyridine rings is 1. The first-order valence-corrected chi connectivity index (χ1v) is 5.62. The number of methoxy groups -OCH3 is 1. The largest absolute Gasteiger partial charge is 0.469 e. The predicted octanol–water partition coefficient (Wildman–Crippen LogP) is 2.54. The lowest BCUT2D eigenvalue weighted by molar-refractivity contribution is -0.139. The summed E-state index contributed by atoms with van der Waals surface area (Å²) in [7, 11) is 1.38. The summed E-state index contributed by atoms with van der Waals surface area (Å²) in [6.07, 6.45) is 1.89. The molecule has 0 saturated carbocycles. The van der Waals surface area contributed by atoms with Crippen LogP contribution in [0, 0.1) is 0 Å². The van der Waals surface area contributed by atoms with Gasteiger partial charge in [0.15, 0.2) is 0 Å². The van der Waals surface area contributed by atoms with Crippen molar-refractivity contribution in [2.75, 3.05) is 12.4 Å². The Bertz CT molecular complexity index is 526. The second-order valence-corrected chi connectivity index (χ2v) is 3.76. The van der Waals surface area contributed by atoms with Crippen LogP contribution in [0.25, 0.3) is 0 Å². The molecule has 0 radical (unpaired) electrons. The van der Waals surface area contributed by atoms with Gasteiger partial charge in [-0.05, 0) is 18.2 Å². The van der Waals surface area contributed by atoms with E-state index >= 15 is 0 Å². The number of hydrogen-bond acceptors (Lipinski definition) is 4. The topological polar surface area (TPSA) is 51.2 Å². The van der Waals surface area contributed by atoms with Gasteiger partial charge in [0.1, 0.15) is 5.82 Å². The number of nitrogens with one attached hydrogen (secondary N) is 1. The normalized spacial score (nSPS) is 9.83. The van der Waals surface area contributed by atoms with Gasteiger partial charge in [0, 0.05) is 17.4 Å². The predicted molar refractivity (Wildman–Crippen MR) is 69.7 cm³/mol. The molecular weight excluding hydrogens is 228 g/mol. The third kappa shape index (κ3) is 3.07. The van der Waals surface area contributed by atoms with E-state index in [9.17, 15) is 4.79 Å². The lowest BCUT2D eigenvalue weighted by atomic mass is 10.2. The van der Waals surface area contributed by atoms with Crippen LogP contribution in [-0.4, -0.2) is 18.1 Å². The summed E-state index contributed by atoms with van der Waals surface area (Å²) >= 11 is 0. The van der Waals surface area contributed by atoms with Gasteiger partial charge >= 0.3 is 5.97 Å². The lowest BCUT2D eigenvalue weighted by Gasteiger charge is -2.09. The van der Waals surface area contributed by atoms with Crippen LogP contribution in [0.4, 0.5) is 11.5 Å². The van der Waals surface area contributed by atoms with E-state index in [1.165, 1.54) is 7.11 Å². The minimum absolute atomic E-state index is 0.208. The van der Waals surface area contributed by atoms with Crippen molar-refractivity contribution in [3.05, 3.63) is 54.2 Å². The lowest BCUT2D eigenvalue weighted by Crippen LogP contribution is -2.07. The number of carbonyl (C=O) groups is 1. The number of anilines is 2. The van der Waals surface area contributed by atoms with Gasteiger partial charge in [0.05, 0.1) is 13.5 Å². The molecule has 2 rings (SSSR count). The second kappa shape index (κ2) is 5.82. The number of aromatic nitrogens is 1. The van der Waals surface area contributed by atoms with Gasteiger partial charge in [-0.2, -0.15) is 0 Å². The number of benzene rings is 1. The molecule has 92 valence electrons. The summed E-state index contributed by atoms with van der Waals surface area (Å²) < 4.78 is 4.66. The van der Waals surface area contributed by atoms with E-state index < -0.39 is 0 Å². The molecule has 1 N–H and O–H groups in total. The van der Waals surface area contributed by atoms with Gasteiger partial charge in [-0.3, -0.25) is 4.79 Å². The molecule has 0 amide bonds. The first-order valence-electron chi connectivity index (χ1n) is 5.62. The van der Waals surface area contributed by atoms with Crippen molar-refractivity contribution in [3.8, 4) is 0 Å². The zero-order chi connectivity index (χ0) is 12.8. The third-order valence-corrected chi connectivity index (χ3v) is 2.49. The van der Waals surface area contributed by atoms with Crippen LogP contribution in [0.1, 0.15) is 5.56 Å². The molecule has 4 heteroatoms. The Hall–Kier alpha value is -2.36. The average Bonchev–Trinajstić information content (AvgIpc) is 2.42. The maximum absolute atomic E-state index is 11.3. The molecule has 0 bridgehead atoms. The minimum atomic E-state index is -0.279. The molecule has 1 heterocycles. The number of rotatable bonds is 4. The molecule has 0 aliphatic rings. The van der Waals surface area contributed by atoms with E-state index in [1.807, 2.05) is 36.4 Å². The van der Waals surface area contributed by atoms with Gasteiger partial charge in [0.25, 0.3) is 0 Å². The maximum Gasteiger partial charge on any atom is 0.310 e. The maximum atomic E-state index is 11.3. The second-order valence-electron chi connectivity index (χ2n) is 3.76. The smallest absolute Gasteiger partial charge is 0.310 e. The molecule has 0 aliphatic carbocycles. The SMILES string of the molecule is COC(=O)Cc1cccnc1Nc1ccccc1. The van der Waals surface area contributed by atoms with Crippen molar-refractivity contribution in [3.63, 3.8) is 0 Å². The summed E-state index contributed by atoms with van der Waals surface area (Å²) in [6, 6.07) is 13.4. The fourth-order valence-corrected chi connectivity index (χ4v) is 1.58. The molecule has 1 aromatic carbocycles. The summed E-state index contributed by atoms with van der Waals surface area (Å²) in [5, 5.41) is 3.18. The van der Waals surface area contributed by atoms with Gasteiger partial charge in [-0.15, -0.1) is 0 Å². The minimum Gasteiger partial charge on any atom is -0.469 e. The van der Waals surface area contributed by atoms with Gasteiger partial charge in [-0.25, -0.2) is 4.98 Å². The molecule has 0 atom stereocenters. The molecule has 0 aliphatic heterocycles. The molecule has 0 saturated heterocycles. The molecule has 0 spiro atoms. The molecule has 2 aromatic rings. The molecular formula is C14H14N2O2. The van der Waals surface area contributed by atoms with Crippen LogP contribution in [0.5, 0.6) is 0 Å².